The van der Waals surface area contributed by atoms with Crippen molar-refractivity contribution in [2.24, 2.45) is 5.41 Å². The number of nitrogens with zero attached hydrogens (tertiary/aromatic N) is 1. The third-order valence-corrected chi connectivity index (χ3v) is 1.86. The molecule has 0 radical (unpaired) electrons. The van der Waals surface area contributed by atoms with E-state index in [1.807, 2.05) is 0 Å². The van der Waals surface area contributed by atoms with E-state index < -0.39 is 18.1 Å². The SMILES string of the molecule is CN(CC(F)(F)F)CC(C)(CO)CO. The van der Waals surface area contributed by atoms with Gasteiger partial charge in [-0.15, -0.1) is 0 Å². The maximum atomic E-state index is 11.9. The molecule has 14 heavy (non-hydrogen) atoms. The normalized spacial score (nSPS) is 13.7. The predicted molar refractivity (Wildman–Crippen MR) is 45.8 cm³/mol. The second kappa shape index (κ2) is 4.95. The molecule has 0 atom stereocenters. The molecule has 0 fully saturated rings. The van der Waals surface area contributed by atoms with Gasteiger partial charge in [-0.1, -0.05) is 6.92 Å². The maximum Gasteiger partial charge on any atom is 0.401 e. The minimum absolute atomic E-state index is 0.000486. The van der Waals surface area contributed by atoms with Crippen LogP contribution in [0.3, 0.4) is 0 Å². The van der Waals surface area contributed by atoms with Crippen LogP contribution in [0.15, 0.2) is 0 Å². The quantitative estimate of drug-likeness (QED) is 0.700. The highest BCUT2D eigenvalue weighted by Gasteiger charge is 2.32. The van der Waals surface area contributed by atoms with Crippen LogP contribution in [0.4, 0.5) is 13.2 Å². The van der Waals surface area contributed by atoms with E-state index in [9.17, 15) is 13.2 Å². The van der Waals surface area contributed by atoms with Crippen molar-refractivity contribution in [3.63, 3.8) is 0 Å². The van der Waals surface area contributed by atoms with Crippen molar-refractivity contribution in [1.29, 1.82) is 0 Å². The molecule has 2 N–H and O–H groups in total. The molecule has 0 aliphatic heterocycles. The zero-order chi connectivity index (χ0) is 11.4. The molecule has 0 rings (SSSR count). The number of rotatable bonds is 5. The molecule has 0 heterocycles. The zero-order valence-electron chi connectivity index (χ0n) is 8.30. The summed E-state index contributed by atoms with van der Waals surface area (Å²) < 4.78 is 35.8. The molecule has 0 aromatic carbocycles. The summed E-state index contributed by atoms with van der Waals surface area (Å²) in [5, 5.41) is 17.7. The van der Waals surface area contributed by atoms with Gasteiger partial charge in [0.1, 0.15) is 0 Å². The number of aliphatic hydroxyl groups excluding tert-OH is 2. The Morgan fingerprint density at radius 3 is 1.79 bits per heavy atom. The summed E-state index contributed by atoms with van der Waals surface area (Å²) in [6.07, 6.45) is -4.25. The second-order valence-corrected chi connectivity index (χ2v) is 3.91. The predicted octanol–water partition coefficient (Wildman–Crippen LogP) is 0.471. The van der Waals surface area contributed by atoms with Gasteiger partial charge in [-0.2, -0.15) is 13.2 Å². The lowest BCUT2D eigenvalue weighted by atomic mass is 9.92. The molecule has 0 saturated heterocycles. The van der Waals surface area contributed by atoms with Gasteiger partial charge in [-0.05, 0) is 7.05 Å². The number of alkyl halides is 3. The van der Waals surface area contributed by atoms with Crippen molar-refractivity contribution in [3.05, 3.63) is 0 Å². The molecule has 0 aliphatic carbocycles. The minimum Gasteiger partial charge on any atom is -0.396 e. The molecular weight excluding hydrogens is 199 g/mol. The summed E-state index contributed by atoms with van der Waals surface area (Å²) in [4.78, 5) is 1.03. The lowest BCUT2D eigenvalue weighted by Crippen LogP contribution is -2.42. The summed E-state index contributed by atoms with van der Waals surface area (Å²) in [5.74, 6) is 0. The smallest absolute Gasteiger partial charge is 0.396 e. The maximum absolute atomic E-state index is 11.9. The minimum atomic E-state index is -4.25. The highest BCUT2D eigenvalue weighted by atomic mass is 19.4. The number of aliphatic hydroxyl groups is 2. The summed E-state index contributed by atoms with van der Waals surface area (Å²) in [5.41, 5.74) is -0.889. The molecule has 0 spiro atoms. The highest BCUT2D eigenvalue weighted by molar-refractivity contribution is 4.76. The van der Waals surface area contributed by atoms with Gasteiger partial charge in [0.2, 0.25) is 0 Å². The van der Waals surface area contributed by atoms with Crippen LogP contribution in [0.5, 0.6) is 0 Å². The molecule has 0 aromatic heterocycles. The van der Waals surface area contributed by atoms with Crippen LogP contribution >= 0.6 is 0 Å². The third-order valence-electron chi connectivity index (χ3n) is 1.86. The van der Waals surface area contributed by atoms with Gasteiger partial charge in [-0.3, -0.25) is 4.90 Å². The lowest BCUT2D eigenvalue weighted by Gasteiger charge is -2.30. The Morgan fingerprint density at radius 1 is 1.07 bits per heavy atom. The zero-order valence-corrected chi connectivity index (χ0v) is 8.30. The van der Waals surface area contributed by atoms with Gasteiger partial charge >= 0.3 is 6.18 Å². The van der Waals surface area contributed by atoms with Gasteiger partial charge in [0.05, 0.1) is 19.8 Å². The van der Waals surface area contributed by atoms with E-state index in [0.717, 1.165) is 4.90 Å². The average Bonchev–Trinajstić information content (AvgIpc) is 2.00. The van der Waals surface area contributed by atoms with Gasteiger partial charge in [0, 0.05) is 12.0 Å². The molecule has 0 saturated carbocycles. The van der Waals surface area contributed by atoms with Crippen molar-refractivity contribution >= 4 is 0 Å². The molecule has 0 aliphatic rings. The van der Waals surface area contributed by atoms with Gasteiger partial charge in [0.15, 0.2) is 0 Å². The molecular formula is C8H16F3NO2. The second-order valence-electron chi connectivity index (χ2n) is 3.91. The van der Waals surface area contributed by atoms with E-state index in [1.165, 1.54) is 14.0 Å². The van der Waals surface area contributed by atoms with Crippen molar-refractivity contribution < 1.29 is 23.4 Å². The monoisotopic (exact) mass is 215 g/mol. The van der Waals surface area contributed by atoms with Crippen LogP contribution in [-0.4, -0.2) is 54.6 Å². The van der Waals surface area contributed by atoms with Crippen molar-refractivity contribution in [2.45, 2.75) is 13.1 Å². The molecule has 6 heteroatoms. The molecule has 3 nitrogen and oxygen atoms in total. The summed E-state index contributed by atoms with van der Waals surface area (Å²) >= 11 is 0. The first-order valence-electron chi connectivity index (χ1n) is 4.19. The number of halogens is 3. The van der Waals surface area contributed by atoms with E-state index in [-0.39, 0.29) is 19.8 Å². The Labute approximate surface area is 81.1 Å². The molecule has 0 amide bonds. The first-order valence-corrected chi connectivity index (χ1v) is 4.19. The van der Waals surface area contributed by atoms with E-state index >= 15 is 0 Å². The van der Waals surface area contributed by atoms with Gasteiger partial charge in [-0.25, -0.2) is 0 Å². The fraction of sp³-hybridized carbons (Fsp3) is 1.00. The van der Waals surface area contributed by atoms with E-state index in [2.05, 4.69) is 0 Å². The van der Waals surface area contributed by atoms with Crippen LogP contribution in [0.1, 0.15) is 6.92 Å². The van der Waals surface area contributed by atoms with Gasteiger partial charge in [0.25, 0.3) is 0 Å². The fourth-order valence-electron chi connectivity index (χ4n) is 1.16. The van der Waals surface area contributed by atoms with Crippen molar-refractivity contribution in [1.82, 2.24) is 4.90 Å². The first-order chi connectivity index (χ1) is 6.22. The Balaban J connectivity index is 4.10. The summed E-state index contributed by atoms with van der Waals surface area (Å²) in [6, 6.07) is 0. The number of hydrogen-bond acceptors (Lipinski definition) is 3. The standard InChI is InChI=1S/C8H16F3NO2/c1-7(5-13,6-14)3-12(2)4-8(9,10)11/h13-14H,3-6H2,1-2H3. The topological polar surface area (TPSA) is 43.7 Å². The van der Waals surface area contributed by atoms with Crippen LogP contribution < -0.4 is 0 Å². The Bertz CT molecular complexity index is 168. The van der Waals surface area contributed by atoms with Crippen LogP contribution in [0, 0.1) is 5.41 Å². The van der Waals surface area contributed by atoms with E-state index in [1.54, 1.807) is 0 Å². The van der Waals surface area contributed by atoms with Crippen molar-refractivity contribution in [3.8, 4) is 0 Å². The highest BCUT2D eigenvalue weighted by Crippen LogP contribution is 2.20. The van der Waals surface area contributed by atoms with E-state index in [4.69, 9.17) is 10.2 Å². The first kappa shape index (κ1) is 13.7. The lowest BCUT2D eigenvalue weighted by molar-refractivity contribution is -0.147. The average molecular weight is 215 g/mol. The van der Waals surface area contributed by atoms with Crippen LogP contribution in [0.2, 0.25) is 0 Å². The Morgan fingerprint density at radius 2 is 1.50 bits per heavy atom. The van der Waals surface area contributed by atoms with Crippen LogP contribution in [0.25, 0.3) is 0 Å². The van der Waals surface area contributed by atoms with Crippen LogP contribution in [-0.2, 0) is 0 Å². The van der Waals surface area contributed by atoms with E-state index in [0.29, 0.717) is 0 Å². The summed E-state index contributed by atoms with van der Waals surface area (Å²) in [6.45, 7) is -0.195. The largest absolute Gasteiger partial charge is 0.401 e. The summed E-state index contributed by atoms with van der Waals surface area (Å²) in [7, 11) is 1.30. The fourth-order valence-corrected chi connectivity index (χ4v) is 1.16. The molecule has 0 unspecified atom stereocenters. The van der Waals surface area contributed by atoms with Gasteiger partial charge < -0.3 is 10.2 Å². The third kappa shape index (κ3) is 5.41. The van der Waals surface area contributed by atoms with Crippen molar-refractivity contribution in [2.75, 3.05) is 33.4 Å². The Hall–Kier alpha value is -0.330. The molecule has 0 aromatic rings. The molecule has 0 bridgehead atoms. The number of hydrogen-bond donors (Lipinski definition) is 2. The Kier molecular flexibility index (Phi) is 4.83. The molecule has 86 valence electrons.